The van der Waals surface area contributed by atoms with Crippen molar-refractivity contribution in [3.63, 3.8) is 0 Å². The Morgan fingerprint density at radius 2 is 1.71 bits per heavy atom. The summed E-state index contributed by atoms with van der Waals surface area (Å²) in [6.07, 6.45) is 0.834. The average Bonchev–Trinajstić information content (AvgIpc) is 2.01. The van der Waals surface area contributed by atoms with Gasteiger partial charge in [-0.05, 0) is 19.8 Å². The summed E-state index contributed by atoms with van der Waals surface area (Å²) in [5.41, 5.74) is 0. The van der Waals surface area contributed by atoms with Gasteiger partial charge in [0.15, 0.2) is 0 Å². The Balaban J connectivity index is 3.59. The van der Waals surface area contributed by atoms with Crippen LogP contribution in [0.25, 0.3) is 0 Å². The summed E-state index contributed by atoms with van der Waals surface area (Å²) < 4.78 is 45.1. The van der Waals surface area contributed by atoms with E-state index in [1.807, 2.05) is 0 Å². The van der Waals surface area contributed by atoms with Gasteiger partial charge in [-0.2, -0.15) is 0 Å². The van der Waals surface area contributed by atoms with E-state index >= 15 is 0 Å². The molecule has 14 heavy (non-hydrogen) atoms. The van der Waals surface area contributed by atoms with Gasteiger partial charge in [0.05, 0.1) is 11.5 Å². The number of nitrogens with two attached hydrogens (primary N) is 1. The summed E-state index contributed by atoms with van der Waals surface area (Å²) >= 11 is 0. The second-order valence-corrected chi connectivity index (χ2v) is 6.70. The molecule has 0 rings (SSSR count). The predicted molar refractivity (Wildman–Crippen MR) is 54.7 cm³/mol. The van der Waals surface area contributed by atoms with Crippen molar-refractivity contribution in [1.29, 1.82) is 0 Å². The number of unbranched alkanes of at least 4 members (excludes halogenated alkanes) is 1. The molecule has 0 fully saturated rings. The predicted octanol–water partition coefficient (Wildman–Crippen LogP) is -1.01. The second kappa shape index (κ2) is 5.64. The van der Waals surface area contributed by atoms with Gasteiger partial charge in [-0.1, -0.05) is 0 Å². The molecule has 0 atom stereocenters. The Bertz CT molecular complexity index is 346. The highest BCUT2D eigenvalue weighted by atomic mass is 32.2. The highest BCUT2D eigenvalue weighted by Crippen LogP contribution is 1.92. The average molecular weight is 244 g/mol. The zero-order valence-electron chi connectivity index (χ0n) is 8.06. The van der Waals surface area contributed by atoms with E-state index < -0.39 is 20.0 Å². The SMILES string of the molecule is CCS(=O)(=O)NCCCCS(N)(=O)=O. The maximum Gasteiger partial charge on any atom is 0.211 e. The molecule has 0 bridgehead atoms. The third kappa shape index (κ3) is 8.42. The molecular weight excluding hydrogens is 228 g/mol. The summed E-state index contributed by atoms with van der Waals surface area (Å²) in [5.74, 6) is -0.0803. The molecular formula is C6H16N2O4S2. The Kier molecular flexibility index (Phi) is 5.57. The molecule has 0 aliphatic rings. The third-order valence-corrected chi connectivity index (χ3v) is 3.82. The minimum atomic E-state index is -3.42. The number of hydrogen-bond acceptors (Lipinski definition) is 4. The van der Waals surface area contributed by atoms with Crippen LogP contribution >= 0.6 is 0 Å². The Morgan fingerprint density at radius 1 is 1.14 bits per heavy atom. The molecule has 0 unspecified atom stereocenters. The first-order chi connectivity index (χ1) is 6.27. The molecule has 8 heteroatoms. The van der Waals surface area contributed by atoms with Crippen LogP contribution in [0.1, 0.15) is 19.8 Å². The molecule has 0 saturated carbocycles. The fraction of sp³-hybridized carbons (Fsp3) is 1.00. The summed E-state index contributed by atoms with van der Waals surface area (Å²) in [6.45, 7) is 1.79. The maximum atomic E-state index is 10.9. The molecule has 0 aliphatic heterocycles. The van der Waals surface area contributed by atoms with Crippen LogP contribution in [0, 0.1) is 0 Å². The van der Waals surface area contributed by atoms with Crippen LogP contribution in [0.3, 0.4) is 0 Å². The van der Waals surface area contributed by atoms with Gasteiger partial charge in [0.2, 0.25) is 20.0 Å². The zero-order valence-corrected chi connectivity index (χ0v) is 9.70. The van der Waals surface area contributed by atoms with Gasteiger partial charge >= 0.3 is 0 Å². The number of rotatable bonds is 7. The molecule has 0 radical (unpaired) electrons. The minimum absolute atomic E-state index is 0.0299. The largest absolute Gasteiger partial charge is 0.229 e. The van der Waals surface area contributed by atoms with Gasteiger partial charge in [0, 0.05) is 6.54 Å². The van der Waals surface area contributed by atoms with Gasteiger partial charge < -0.3 is 0 Å². The lowest BCUT2D eigenvalue weighted by molar-refractivity contribution is 0.578. The van der Waals surface area contributed by atoms with Crippen molar-refractivity contribution >= 4 is 20.0 Å². The van der Waals surface area contributed by atoms with Crippen molar-refractivity contribution in [2.24, 2.45) is 5.14 Å². The summed E-state index contributed by atoms with van der Waals surface area (Å²) in [5, 5.41) is 4.76. The molecule has 0 heterocycles. The Hall–Kier alpha value is -0.180. The van der Waals surface area contributed by atoms with Crippen LogP contribution in [0.4, 0.5) is 0 Å². The van der Waals surface area contributed by atoms with Crippen molar-refractivity contribution in [2.75, 3.05) is 18.1 Å². The molecule has 0 spiro atoms. The highest BCUT2D eigenvalue weighted by molar-refractivity contribution is 7.89. The van der Waals surface area contributed by atoms with Crippen molar-refractivity contribution in [2.45, 2.75) is 19.8 Å². The molecule has 86 valence electrons. The van der Waals surface area contributed by atoms with E-state index in [1.54, 1.807) is 0 Å². The first-order valence-corrected chi connectivity index (χ1v) is 7.61. The van der Waals surface area contributed by atoms with E-state index in [0.717, 1.165) is 0 Å². The van der Waals surface area contributed by atoms with Crippen LogP contribution in [0.5, 0.6) is 0 Å². The van der Waals surface area contributed by atoms with Gasteiger partial charge in [-0.3, -0.25) is 0 Å². The highest BCUT2D eigenvalue weighted by Gasteiger charge is 2.05. The second-order valence-electron chi connectivity index (χ2n) is 2.87. The van der Waals surface area contributed by atoms with Crippen LogP contribution in [0.2, 0.25) is 0 Å². The van der Waals surface area contributed by atoms with Gasteiger partial charge in [-0.15, -0.1) is 0 Å². The monoisotopic (exact) mass is 244 g/mol. The minimum Gasteiger partial charge on any atom is -0.229 e. The number of primary sulfonamides is 1. The summed E-state index contributed by atoms with van der Waals surface area (Å²) in [6, 6.07) is 0. The van der Waals surface area contributed by atoms with Gasteiger partial charge in [0.1, 0.15) is 0 Å². The first kappa shape index (κ1) is 13.8. The zero-order chi connectivity index (χ0) is 11.2. The standard InChI is InChI=1S/C6H16N2O4S2/c1-2-14(11,12)8-5-3-4-6-13(7,9)10/h8H,2-6H2,1H3,(H2,7,9,10). The Labute approximate surface area is 85.0 Å². The molecule has 3 N–H and O–H groups in total. The van der Waals surface area contributed by atoms with Crippen LogP contribution in [0.15, 0.2) is 0 Å². The van der Waals surface area contributed by atoms with E-state index in [-0.39, 0.29) is 18.1 Å². The first-order valence-electron chi connectivity index (χ1n) is 4.24. The van der Waals surface area contributed by atoms with Crippen molar-refractivity contribution in [1.82, 2.24) is 4.72 Å². The summed E-state index contributed by atoms with van der Waals surface area (Å²) in [4.78, 5) is 0. The van der Waals surface area contributed by atoms with E-state index in [4.69, 9.17) is 5.14 Å². The van der Waals surface area contributed by atoms with E-state index in [0.29, 0.717) is 12.8 Å². The van der Waals surface area contributed by atoms with E-state index in [2.05, 4.69) is 4.72 Å². The van der Waals surface area contributed by atoms with Crippen molar-refractivity contribution in [3.05, 3.63) is 0 Å². The van der Waals surface area contributed by atoms with E-state index in [9.17, 15) is 16.8 Å². The van der Waals surface area contributed by atoms with Crippen molar-refractivity contribution in [3.8, 4) is 0 Å². The maximum absolute atomic E-state index is 10.9. The van der Waals surface area contributed by atoms with Crippen molar-refractivity contribution < 1.29 is 16.8 Å². The summed E-state index contributed by atoms with van der Waals surface area (Å²) in [7, 11) is -6.59. The molecule has 0 aromatic rings. The van der Waals surface area contributed by atoms with Crippen LogP contribution < -0.4 is 9.86 Å². The van der Waals surface area contributed by atoms with Crippen LogP contribution in [-0.4, -0.2) is 34.9 Å². The third-order valence-electron chi connectivity index (χ3n) is 1.56. The topological polar surface area (TPSA) is 106 Å². The Morgan fingerprint density at radius 3 is 2.14 bits per heavy atom. The molecule has 0 aromatic heterocycles. The molecule has 0 amide bonds. The fourth-order valence-corrected chi connectivity index (χ4v) is 2.02. The lowest BCUT2D eigenvalue weighted by atomic mass is 10.3. The molecule has 0 saturated heterocycles. The van der Waals surface area contributed by atoms with Gasteiger partial charge in [0.25, 0.3) is 0 Å². The molecule has 0 aliphatic carbocycles. The number of hydrogen-bond donors (Lipinski definition) is 2. The normalized spacial score (nSPS) is 13.0. The quantitative estimate of drug-likeness (QED) is 0.560. The number of sulfonamides is 2. The molecule has 0 aromatic carbocycles. The van der Waals surface area contributed by atoms with Crippen LogP contribution in [-0.2, 0) is 20.0 Å². The fourth-order valence-electron chi connectivity index (χ4n) is 0.758. The van der Waals surface area contributed by atoms with Gasteiger partial charge in [-0.25, -0.2) is 26.7 Å². The smallest absolute Gasteiger partial charge is 0.211 e. The van der Waals surface area contributed by atoms with E-state index in [1.165, 1.54) is 6.92 Å². The number of nitrogens with one attached hydrogen (secondary N) is 1. The lowest BCUT2D eigenvalue weighted by Crippen LogP contribution is -2.26. The lowest BCUT2D eigenvalue weighted by Gasteiger charge is -2.03. The molecule has 6 nitrogen and oxygen atoms in total.